The number of sulfonamides is 1. The zero-order chi connectivity index (χ0) is 15.3. The minimum atomic E-state index is -3.43. The van der Waals surface area contributed by atoms with Gasteiger partial charge in [-0.15, -0.1) is 11.3 Å². The third-order valence-corrected chi connectivity index (χ3v) is 6.16. The molecular weight excluding hydrogens is 304 g/mol. The lowest BCUT2D eigenvalue weighted by Gasteiger charge is -2.19. The molecule has 21 heavy (non-hydrogen) atoms. The Balaban J connectivity index is 2.22. The van der Waals surface area contributed by atoms with Crippen molar-refractivity contribution in [3.8, 4) is 0 Å². The number of nitrogens with one attached hydrogen (secondary N) is 1. The van der Waals surface area contributed by atoms with Gasteiger partial charge < -0.3 is 5.32 Å². The first-order valence-electron chi connectivity index (χ1n) is 6.84. The van der Waals surface area contributed by atoms with Gasteiger partial charge in [0.15, 0.2) is 0 Å². The van der Waals surface area contributed by atoms with E-state index >= 15 is 0 Å². The average molecular weight is 324 g/mol. The molecule has 6 heteroatoms. The van der Waals surface area contributed by atoms with Crippen molar-refractivity contribution < 1.29 is 8.42 Å². The van der Waals surface area contributed by atoms with Crippen molar-refractivity contribution in [2.75, 3.05) is 13.6 Å². The molecule has 0 spiro atoms. The molecule has 0 radical (unpaired) electrons. The van der Waals surface area contributed by atoms with Crippen LogP contribution in [0, 0.1) is 0 Å². The van der Waals surface area contributed by atoms with Crippen molar-refractivity contribution in [3.05, 3.63) is 52.2 Å². The van der Waals surface area contributed by atoms with Gasteiger partial charge in [0.05, 0.1) is 4.90 Å². The van der Waals surface area contributed by atoms with Gasteiger partial charge in [0.1, 0.15) is 0 Å². The molecular formula is C15H20N2O2S2. The first-order valence-corrected chi connectivity index (χ1v) is 9.16. The van der Waals surface area contributed by atoms with Crippen LogP contribution in [0.5, 0.6) is 0 Å². The zero-order valence-electron chi connectivity index (χ0n) is 12.2. The molecule has 0 amide bonds. The Labute approximate surface area is 130 Å². The second kappa shape index (κ2) is 7.17. The third-order valence-electron chi connectivity index (χ3n) is 3.17. The molecule has 1 heterocycles. The van der Waals surface area contributed by atoms with Gasteiger partial charge in [0.25, 0.3) is 0 Å². The Bertz CT molecular complexity index is 666. The standard InChI is InChI=1S/C15H20N2O2S2/c1-3-17(11-13-7-5-4-6-8-13)21(18,19)15-9-14(10-16-2)20-12-15/h4-9,12,16H,3,10-11H2,1-2H3. The summed E-state index contributed by atoms with van der Waals surface area (Å²) in [6, 6.07) is 11.4. The summed E-state index contributed by atoms with van der Waals surface area (Å²) in [7, 11) is -1.58. The highest BCUT2D eigenvalue weighted by Crippen LogP contribution is 2.23. The normalized spacial score (nSPS) is 12.0. The Morgan fingerprint density at radius 1 is 1.24 bits per heavy atom. The van der Waals surface area contributed by atoms with Crippen LogP contribution in [0.15, 0.2) is 46.7 Å². The Morgan fingerprint density at radius 3 is 2.57 bits per heavy atom. The Kier molecular flexibility index (Phi) is 5.52. The first-order chi connectivity index (χ1) is 10.1. The fraction of sp³-hybridized carbons (Fsp3) is 0.333. The molecule has 114 valence electrons. The van der Waals surface area contributed by atoms with Crippen LogP contribution in [0.25, 0.3) is 0 Å². The van der Waals surface area contributed by atoms with Gasteiger partial charge in [-0.1, -0.05) is 37.3 Å². The largest absolute Gasteiger partial charge is 0.315 e. The summed E-state index contributed by atoms with van der Waals surface area (Å²) in [5.74, 6) is 0. The van der Waals surface area contributed by atoms with Gasteiger partial charge in [-0.25, -0.2) is 8.42 Å². The number of nitrogens with zero attached hydrogens (tertiary/aromatic N) is 1. The molecule has 2 rings (SSSR count). The monoisotopic (exact) mass is 324 g/mol. The first kappa shape index (κ1) is 16.2. The topological polar surface area (TPSA) is 49.4 Å². The van der Waals surface area contributed by atoms with Gasteiger partial charge in [-0.3, -0.25) is 0 Å². The maximum atomic E-state index is 12.7. The summed E-state index contributed by atoms with van der Waals surface area (Å²) in [6.45, 7) is 3.40. The van der Waals surface area contributed by atoms with Crippen LogP contribution < -0.4 is 5.32 Å². The molecule has 1 aromatic carbocycles. The summed E-state index contributed by atoms with van der Waals surface area (Å²) in [5.41, 5.74) is 0.994. The van der Waals surface area contributed by atoms with Crippen LogP contribution >= 0.6 is 11.3 Å². The van der Waals surface area contributed by atoms with E-state index in [1.807, 2.05) is 44.3 Å². The summed E-state index contributed by atoms with van der Waals surface area (Å²) in [6.07, 6.45) is 0. The molecule has 0 fully saturated rings. The molecule has 0 atom stereocenters. The third kappa shape index (κ3) is 3.91. The van der Waals surface area contributed by atoms with Crippen LogP contribution in [0.3, 0.4) is 0 Å². The molecule has 2 aromatic rings. The summed E-state index contributed by atoms with van der Waals surface area (Å²) >= 11 is 1.47. The van der Waals surface area contributed by atoms with E-state index in [1.54, 1.807) is 11.4 Å². The number of hydrogen-bond acceptors (Lipinski definition) is 4. The predicted molar refractivity (Wildman–Crippen MR) is 86.8 cm³/mol. The van der Waals surface area contributed by atoms with Crippen molar-refractivity contribution in [3.63, 3.8) is 0 Å². The van der Waals surface area contributed by atoms with E-state index in [0.29, 0.717) is 24.5 Å². The molecule has 0 bridgehead atoms. The van der Waals surface area contributed by atoms with Gasteiger partial charge in [-0.2, -0.15) is 4.31 Å². The maximum Gasteiger partial charge on any atom is 0.244 e. The van der Waals surface area contributed by atoms with Gasteiger partial charge >= 0.3 is 0 Å². The van der Waals surface area contributed by atoms with Crippen molar-refractivity contribution in [2.24, 2.45) is 0 Å². The van der Waals surface area contributed by atoms with Crippen LogP contribution in [0.4, 0.5) is 0 Å². The molecule has 1 N–H and O–H groups in total. The highest BCUT2D eigenvalue weighted by atomic mass is 32.2. The van der Waals surface area contributed by atoms with E-state index in [4.69, 9.17) is 0 Å². The zero-order valence-corrected chi connectivity index (χ0v) is 13.9. The van der Waals surface area contributed by atoms with Crippen LogP contribution in [0.2, 0.25) is 0 Å². The highest BCUT2D eigenvalue weighted by Gasteiger charge is 2.24. The Morgan fingerprint density at radius 2 is 1.95 bits per heavy atom. The van der Waals surface area contributed by atoms with E-state index in [1.165, 1.54) is 15.6 Å². The molecule has 0 aliphatic carbocycles. The summed E-state index contributed by atoms with van der Waals surface area (Å²) in [5, 5.41) is 4.75. The number of rotatable bonds is 7. The Hall–Kier alpha value is -1.21. The summed E-state index contributed by atoms with van der Waals surface area (Å²) in [4.78, 5) is 1.40. The lowest BCUT2D eigenvalue weighted by molar-refractivity contribution is 0.423. The van der Waals surface area contributed by atoms with E-state index in [-0.39, 0.29) is 0 Å². The average Bonchev–Trinajstić information content (AvgIpc) is 2.95. The van der Waals surface area contributed by atoms with Gasteiger partial charge in [0.2, 0.25) is 10.0 Å². The van der Waals surface area contributed by atoms with E-state index in [9.17, 15) is 8.42 Å². The van der Waals surface area contributed by atoms with Crippen molar-refractivity contribution in [1.29, 1.82) is 0 Å². The second-order valence-corrected chi connectivity index (χ2v) is 7.63. The predicted octanol–water partition coefficient (Wildman–Crippen LogP) is 2.68. The molecule has 0 saturated heterocycles. The van der Waals surface area contributed by atoms with Gasteiger partial charge in [0, 0.05) is 29.9 Å². The fourth-order valence-corrected chi connectivity index (χ4v) is 4.78. The highest BCUT2D eigenvalue weighted by molar-refractivity contribution is 7.89. The fourth-order valence-electron chi connectivity index (χ4n) is 2.07. The summed E-state index contributed by atoms with van der Waals surface area (Å²) < 4.78 is 26.9. The molecule has 0 unspecified atom stereocenters. The van der Waals surface area contributed by atoms with E-state index < -0.39 is 10.0 Å². The molecule has 0 saturated carbocycles. The smallest absolute Gasteiger partial charge is 0.244 e. The van der Waals surface area contributed by atoms with Crippen LogP contribution in [-0.4, -0.2) is 26.3 Å². The quantitative estimate of drug-likeness (QED) is 0.852. The van der Waals surface area contributed by atoms with Crippen molar-refractivity contribution in [2.45, 2.75) is 24.9 Å². The van der Waals surface area contributed by atoms with Crippen LogP contribution in [0.1, 0.15) is 17.4 Å². The van der Waals surface area contributed by atoms with E-state index in [0.717, 1.165) is 10.4 Å². The van der Waals surface area contributed by atoms with Crippen molar-refractivity contribution >= 4 is 21.4 Å². The minimum Gasteiger partial charge on any atom is -0.315 e. The molecule has 4 nitrogen and oxygen atoms in total. The number of hydrogen-bond donors (Lipinski definition) is 1. The number of thiophene rings is 1. The van der Waals surface area contributed by atoms with Crippen molar-refractivity contribution in [1.82, 2.24) is 9.62 Å². The molecule has 1 aromatic heterocycles. The molecule has 0 aliphatic heterocycles. The SMILES string of the molecule is CCN(Cc1ccccc1)S(=O)(=O)c1csc(CNC)c1. The molecule has 0 aliphatic rings. The lowest BCUT2D eigenvalue weighted by Crippen LogP contribution is -2.30. The second-order valence-electron chi connectivity index (χ2n) is 4.70. The maximum absolute atomic E-state index is 12.7. The van der Waals surface area contributed by atoms with Gasteiger partial charge in [-0.05, 0) is 18.7 Å². The lowest BCUT2D eigenvalue weighted by atomic mass is 10.2. The van der Waals surface area contributed by atoms with Crippen LogP contribution in [-0.2, 0) is 23.1 Å². The number of benzene rings is 1. The van der Waals surface area contributed by atoms with E-state index in [2.05, 4.69) is 5.32 Å². The minimum absolute atomic E-state index is 0.385.